The van der Waals surface area contributed by atoms with Gasteiger partial charge >= 0.3 is 12.1 Å². The SMILES string of the molecule is COCCOCCC(F)(F)C(F)(F)F. The van der Waals surface area contributed by atoms with Gasteiger partial charge in [-0.2, -0.15) is 22.0 Å². The highest BCUT2D eigenvalue weighted by Crippen LogP contribution is 2.37. The van der Waals surface area contributed by atoms with Crippen molar-refractivity contribution in [2.24, 2.45) is 0 Å². The molecule has 0 saturated heterocycles. The molecule has 0 aromatic carbocycles. The van der Waals surface area contributed by atoms with E-state index in [-0.39, 0.29) is 13.2 Å². The van der Waals surface area contributed by atoms with E-state index in [1.165, 1.54) is 7.11 Å². The van der Waals surface area contributed by atoms with Crippen molar-refractivity contribution in [3.8, 4) is 0 Å². The van der Waals surface area contributed by atoms with Crippen LogP contribution >= 0.6 is 0 Å². The average molecular weight is 222 g/mol. The summed E-state index contributed by atoms with van der Waals surface area (Å²) in [6.45, 7) is -0.474. The number of halogens is 5. The van der Waals surface area contributed by atoms with E-state index in [9.17, 15) is 22.0 Å². The molecule has 0 bridgehead atoms. The Morgan fingerprint density at radius 2 is 1.50 bits per heavy atom. The first-order valence-corrected chi connectivity index (χ1v) is 3.82. The van der Waals surface area contributed by atoms with Crippen molar-refractivity contribution >= 4 is 0 Å². The molecule has 0 spiro atoms. The summed E-state index contributed by atoms with van der Waals surface area (Å²) in [6, 6.07) is 0. The summed E-state index contributed by atoms with van der Waals surface area (Å²) in [5.74, 6) is -4.68. The van der Waals surface area contributed by atoms with E-state index in [2.05, 4.69) is 9.47 Å². The first-order chi connectivity index (χ1) is 6.31. The number of ether oxygens (including phenoxy) is 2. The third-order valence-corrected chi connectivity index (χ3v) is 1.41. The molecule has 7 heteroatoms. The zero-order valence-corrected chi connectivity index (χ0v) is 7.53. The first kappa shape index (κ1) is 13.6. The Bertz CT molecular complexity index is 157. The molecule has 86 valence electrons. The summed E-state index contributed by atoms with van der Waals surface area (Å²) in [5, 5.41) is 0. The Morgan fingerprint density at radius 1 is 0.929 bits per heavy atom. The molecule has 0 N–H and O–H groups in total. The second kappa shape index (κ2) is 5.45. The van der Waals surface area contributed by atoms with Gasteiger partial charge in [-0.1, -0.05) is 0 Å². The molecular weight excluding hydrogens is 211 g/mol. The van der Waals surface area contributed by atoms with Gasteiger partial charge in [0.25, 0.3) is 0 Å². The van der Waals surface area contributed by atoms with Gasteiger partial charge in [0, 0.05) is 13.5 Å². The number of alkyl halides is 5. The van der Waals surface area contributed by atoms with E-state index in [1.807, 2.05) is 0 Å². The lowest BCUT2D eigenvalue weighted by Crippen LogP contribution is -2.37. The predicted molar refractivity (Wildman–Crippen MR) is 38.3 cm³/mol. The van der Waals surface area contributed by atoms with Gasteiger partial charge < -0.3 is 9.47 Å². The van der Waals surface area contributed by atoms with Gasteiger partial charge in [0.1, 0.15) is 0 Å². The predicted octanol–water partition coefficient (Wildman–Crippen LogP) is 2.24. The van der Waals surface area contributed by atoms with Crippen LogP contribution in [0.4, 0.5) is 22.0 Å². The smallest absolute Gasteiger partial charge is 0.382 e. The topological polar surface area (TPSA) is 18.5 Å². The van der Waals surface area contributed by atoms with E-state index in [1.54, 1.807) is 0 Å². The Hall–Kier alpha value is -0.430. The Morgan fingerprint density at radius 3 is 1.93 bits per heavy atom. The molecule has 0 aliphatic carbocycles. The van der Waals surface area contributed by atoms with E-state index < -0.39 is 25.1 Å². The lowest BCUT2D eigenvalue weighted by atomic mass is 10.2. The zero-order chi connectivity index (χ0) is 11.2. The van der Waals surface area contributed by atoms with Crippen LogP contribution in [0.15, 0.2) is 0 Å². The van der Waals surface area contributed by atoms with Crippen LogP contribution in [0.2, 0.25) is 0 Å². The second-order valence-electron chi connectivity index (χ2n) is 2.56. The van der Waals surface area contributed by atoms with Crippen LogP contribution in [0.5, 0.6) is 0 Å². The number of hydrogen-bond acceptors (Lipinski definition) is 2. The fraction of sp³-hybridized carbons (Fsp3) is 1.00. The molecular formula is C7H11F5O2. The van der Waals surface area contributed by atoms with Crippen LogP contribution in [-0.4, -0.2) is 39.0 Å². The molecule has 0 aliphatic rings. The third-order valence-electron chi connectivity index (χ3n) is 1.41. The zero-order valence-electron chi connectivity index (χ0n) is 7.53. The molecule has 0 aromatic heterocycles. The maximum atomic E-state index is 12.2. The molecule has 0 atom stereocenters. The van der Waals surface area contributed by atoms with Gasteiger partial charge in [-0.15, -0.1) is 0 Å². The van der Waals surface area contributed by atoms with Crippen molar-refractivity contribution in [1.29, 1.82) is 0 Å². The third kappa shape index (κ3) is 4.71. The summed E-state index contributed by atoms with van der Waals surface area (Å²) in [5.41, 5.74) is 0. The quantitative estimate of drug-likeness (QED) is 0.506. The highest BCUT2D eigenvalue weighted by Gasteiger charge is 2.56. The standard InChI is InChI=1S/C7H11F5O2/c1-13-4-5-14-3-2-6(8,9)7(10,11)12/h2-5H2,1H3. The fourth-order valence-corrected chi connectivity index (χ4v) is 0.586. The van der Waals surface area contributed by atoms with Gasteiger partial charge in [0.15, 0.2) is 0 Å². The molecule has 0 rings (SSSR count). The molecule has 0 amide bonds. The van der Waals surface area contributed by atoms with Crippen molar-refractivity contribution in [2.45, 2.75) is 18.5 Å². The Balaban J connectivity index is 3.67. The van der Waals surface area contributed by atoms with Crippen LogP contribution < -0.4 is 0 Å². The summed E-state index contributed by atoms with van der Waals surface area (Å²) in [6.07, 6.45) is -6.86. The highest BCUT2D eigenvalue weighted by atomic mass is 19.4. The van der Waals surface area contributed by atoms with Crippen molar-refractivity contribution in [3.63, 3.8) is 0 Å². The highest BCUT2D eigenvalue weighted by molar-refractivity contribution is 4.74. The maximum Gasteiger partial charge on any atom is 0.453 e. The monoisotopic (exact) mass is 222 g/mol. The molecule has 14 heavy (non-hydrogen) atoms. The van der Waals surface area contributed by atoms with Crippen molar-refractivity contribution < 1.29 is 31.4 Å². The molecule has 0 fully saturated rings. The van der Waals surface area contributed by atoms with Gasteiger partial charge in [-0.05, 0) is 0 Å². The molecule has 0 unspecified atom stereocenters. The van der Waals surface area contributed by atoms with Crippen LogP contribution in [0.1, 0.15) is 6.42 Å². The van der Waals surface area contributed by atoms with Crippen molar-refractivity contribution in [3.05, 3.63) is 0 Å². The molecule has 0 saturated carbocycles. The summed E-state index contributed by atoms with van der Waals surface area (Å²) in [4.78, 5) is 0. The Labute approximate surface area is 78.0 Å². The molecule has 0 radical (unpaired) electrons. The summed E-state index contributed by atoms with van der Waals surface area (Å²) in [7, 11) is 1.37. The van der Waals surface area contributed by atoms with Crippen molar-refractivity contribution in [2.75, 3.05) is 26.9 Å². The number of methoxy groups -OCH3 is 1. The first-order valence-electron chi connectivity index (χ1n) is 3.82. The fourth-order valence-electron chi connectivity index (χ4n) is 0.586. The molecule has 0 aromatic rings. The van der Waals surface area contributed by atoms with Gasteiger partial charge in [-0.3, -0.25) is 0 Å². The normalized spacial score (nSPS) is 13.3. The van der Waals surface area contributed by atoms with Crippen LogP contribution in [0, 0.1) is 0 Å². The van der Waals surface area contributed by atoms with E-state index in [0.29, 0.717) is 0 Å². The van der Waals surface area contributed by atoms with Crippen LogP contribution in [-0.2, 0) is 9.47 Å². The Kier molecular flexibility index (Phi) is 5.28. The number of hydrogen-bond donors (Lipinski definition) is 0. The van der Waals surface area contributed by atoms with E-state index in [4.69, 9.17) is 0 Å². The van der Waals surface area contributed by atoms with E-state index >= 15 is 0 Å². The van der Waals surface area contributed by atoms with E-state index in [0.717, 1.165) is 0 Å². The second-order valence-corrected chi connectivity index (χ2v) is 2.56. The molecule has 2 nitrogen and oxygen atoms in total. The number of rotatable bonds is 6. The van der Waals surface area contributed by atoms with Gasteiger partial charge in [0.05, 0.1) is 19.8 Å². The largest absolute Gasteiger partial charge is 0.453 e. The minimum Gasteiger partial charge on any atom is -0.382 e. The summed E-state index contributed by atoms with van der Waals surface area (Å²) >= 11 is 0. The lowest BCUT2D eigenvalue weighted by Gasteiger charge is -2.19. The maximum absolute atomic E-state index is 12.2. The minimum atomic E-state index is -5.50. The molecule has 0 heterocycles. The van der Waals surface area contributed by atoms with Gasteiger partial charge in [0.2, 0.25) is 0 Å². The summed E-state index contributed by atoms with van der Waals surface area (Å²) < 4.78 is 68.1. The van der Waals surface area contributed by atoms with Crippen LogP contribution in [0.25, 0.3) is 0 Å². The minimum absolute atomic E-state index is 0.00440. The average Bonchev–Trinajstić information content (AvgIpc) is 2.02. The molecule has 0 aliphatic heterocycles. The van der Waals surface area contributed by atoms with Crippen LogP contribution in [0.3, 0.4) is 0 Å². The van der Waals surface area contributed by atoms with Gasteiger partial charge in [-0.25, -0.2) is 0 Å². The lowest BCUT2D eigenvalue weighted by molar-refractivity contribution is -0.287. The van der Waals surface area contributed by atoms with Crippen molar-refractivity contribution in [1.82, 2.24) is 0 Å².